The van der Waals surface area contributed by atoms with Crippen molar-refractivity contribution in [3.8, 4) is 0 Å². The van der Waals surface area contributed by atoms with Gasteiger partial charge in [0.25, 0.3) is 0 Å². The Balaban J connectivity index is 2.23. The zero-order valence-corrected chi connectivity index (χ0v) is 11.2. The van der Waals surface area contributed by atoms with E-state index in [0.717, 1.165) is 10.0 Å². The van der Waals surface area contributed by atoms with Crippen molar-refractivity contribution in [3.05, 3.63) is 76.3 Å². The third kappa shape index (κ3) is 3.08. The molecule has 2 N–H and O–H groups in total. The lowest BCUT2D eigenvalue weighted by atomic mass is 10.1. The highest BCUT2D eigenvalue weighted by Gasteiger charge is 2.03. The molecule has 3 heteroatoms. The van der Waals surface area contributed by atoms with Crippen LogP contribution in [0.25, 0.3) is 5.70 Å². The van der Waals surface area contributed by atoms with E-state index in [0.29, 0.717) is 11.3 Å². The highest BCUT2D eigenvalue weighted by Crippen LogP contribution is 2.15. The second-order valence-corrected chi connectivity index (χ2v) is 4.75. The standard InChI is InChI=1S/C15H12BrNO/c16-13-8-6-11(7-9-13)14(17)10-15(18)12-4-2-1-3-5-12/h1-10H,17H2/b14-10-. The lowest BCUT2D eigenvalue weighted by Gasteiger charge is -2.02. The predicted molar refractivity (Wildman–Crippen MR) is 77.1 cm³/mol. The molecule has 0 heterocycles. The number of nitrogens with two attached hydrogens (primary N) is 1. The molecule has 0 aliphatic carbocycles. The summed E-state index contributed by atoms with van der Waals surface area (Å²) in [5.41, 5.74) is 7.85. The SMILES string of the molecule is N/C(=C\C(=O)c1ccccc1)c1ccc(Br)cc1. The molecule has 0 unspecified atom stereocenters. The molecule has 2 aromatic rings. The third-order valence-corrected chi connectivity index (χ3v) is 3.05. The minimum absolute atomic E-state index is 0.0870. The summed E-state index contributed by atoms with van der Waals surface area (Å²) in [4.78, 5) is 11.9. The van der Waals surface area contributed by atoms with E-state index in [1.807, 2.05) is 42.5 Å². The van der Waals surface area contributed by atoms with E-state index >= 15 is 0 Å². The molecule has 0 bridgehead atoms. The van der Waals surface area contributed by atoms with E-state index in [1.165, 1.54) is 6.08 Å². The van der Waals surface area contributed by atoms with Crippen molar-refractivity contribution < 1.29 is 4.79 Å². The number of hydrogen-bond acceptors (Lipinski definition) is 2. The van der Waals surface area contributed by atoms with Crippen molar-refractivity contribution >= 4 is 27.4 Å². The Kier molecular flexibility index (Phi) is 3.95. The van der Waals surface area contributed by atoms with Crippen molar-refractivity contribution in [2.45, 2.75) is 0 Å². The molecule has 0 aliphatic rings. The first-order valence-corrected chi connectivity index (χ1v) is 6.28. The van der Waals surface area contributed by atoms with Gasteiger partial charge in [0.2, 0.25) is 0 Å². The molecule has 0 saturated heterocycles. The molecule has 2 nitrogen and oxygen atoms in total. The largest absolute Gasteiger partial charge is 0.398 e. The second-order valence-electron chi connectivity index (χ2n) is 3.84. The van der Waals surface area contributed by atoms with Gasteiger partial charge < -0.3 is 5.73 Å². The van der Waals surface area contributed by atoms with Crippen molar-refractivity contribution in [1.29, 1.82) is 0 Å². The Hall–Kier alpha value is -1.87. The quantitative estimate of drug-likeness (QED) is 0.695. The van der Waals surface area contributed by atoms with Crippen LogP contribution in [0.1, 0.15) is 15.9 Å². The van der Waals surface area contributed by atoms with Crippen molar-refractivity contribution in [1.82, 2.24) is 0 Å². The van der Waals surface area contributed by atoms with Crippen LogP contribution in [0, 0.1) is 0 Å². The molecule has 0 atom stereocenters. The van der Waals surface area contributed by atoms with E-state index < -0.39 is 0 Å². The minimum atomic E-state index is -0.0870. The van der Waals surface area contributed by atoms with Crippen LogP contribution in [0.15, 0.2) is 65.1 Å². The van der Waals surface area contributed by atoms with E-state index in [9.17, 15) is 4.79 Å². The number of hydrogen-bond donors (Lipinski definition) is 1. The fraction of sp³-hybridized carbons (Fsp3) is 0. The van der Waals surface area contributed by atoms with Gasteiger partial charge in [-0.3, -0.25) is 4.79 Å². The number of ketones is 1. The van der Waals surface area contributed by atoms with Crippen LogP contribution in [0.5, 0.6) is 0 Å². The summed E-state index contributed by atoms with van der Waals surface area (Å²) < 4.78 is 0.980. The van der Waals surface area contributed by atoms with Crippen LogP contribution < -0.4 is 5.73 Å². The molecule has 0 amide bonds. The monoisotopic (exact) mass is 301 g/mol. The summed E-state index contributed by atoms with van der Waals surface area (Å²) in [6, 6.07) is 16.6. The molecular weight excluding hydrogens is 290 g/mol. The summed E-state index contributed by atoms with van der Waals surface area (Å²) in [6.07, 6.45) is 1.46. The van der Waals surface area contributed by atoms with Gasteiger partial charge in [0, 0.05) is 21.8 Å². The molecule has 0 saturated carbocycles. The summed E-state index contributed by atoms with van der Waals surface area (Å²) in [6.45, 7) is 0. The first-order valence-electron chi connectivity index (χ1n) is 5.49. The number of rotatable bonds is 3. The number of carbonyl (C=O) groups is 1. The van der Waals surface area contributed by atoms with E-state index in [-0.39, 0.29) is 5.78 Å². The van der Waals surface area contributed by atoms with E-state index in [4.69, 9.17) is 5.73 Å². The smallest absolute Gasteiger partial charge is 0.187 e. The molecule has 18 heavy (non-hydrogen) atoms. The van der Waals surface area contributed by atoms with Crippen LogP contribution in [0.4, 0.5) is 0 Å². The van der Waals surface area contributed by atoms with Crippen LogP contribution >= 0.6 is 15.9 Å². The molecule has 0 aromatic heterocycles. The van der Waals surface area contributed by atoms with Crippen LogP contribution in [0.2, 0.25) is 0 Å². The topological polar surface area (TPSA) is 43.1 Å². The van der Waals surface area contributed by atoms with Gasteiger partial charge in [-0.25, -0.2) is 0 Å². The first-order chi connectivity index (χ1) is 8.66. The van der Waals surface area contributed by atoms with Crippen molar-refractivity contribution in [2.24, 2.45) is 5.73 Å². The lowest BCUT2D eigenvalue weighted by Crippen LogP contribution is -2.02. The second kappa shape index (κ2) is 5.65. The maximum Gasteiger partial charge on any atom is 0.187 e. The van der Waals surface area contributed by atoms with Gasteiger partial charge in [0.05, 0.1) is 0 Å². The summed E-state index contributed by atoms with van der Waals surface area (Å²) >= 11 is 3.35. The van der Waals surface area contributed by atoms with E-state index in [2.05, 4.69) is 15.9 Å². The average molecular weight is 302 g/mol. The lowest BCUT2D eigenvalue weighted by molar-refractivity contribution is 0.104. The number of benzene rings is 2. The molecule has 2 rings (SSSR count). The van der Waals surface area contributed by atoms with Crippen LogP contribution in [0.3, 0.4) is 0 Å². The maximum absolute atomic E-state index is 11.9. The van der Waals surface area contributed by atoms with Crippen LogP contribution in [-0.4, -0.2) is 5.78 Å². The first kappa shape index (κ1) is 12.6. The normalized spacial score (nSPS) is 11.3. The van der Waals surface area contributed by atoms with Crippen molar-refractivity contribution in [2.75, 3.05) is 0 Å². The highest BCUT2D eigenvalue weighted by atomic mass is 79.9. The summed E-state index contributed by atoms with van der Waals surface area (Å²) in [5, 5.41) is 0. The number of carbonyl (C=O) groups excluding carboxylic acids is 1. The number of halogens is 1. The molecule has 0 fully saturated rings. The van der Waals surface area contributed by atoms with E-state index in [1.54, 1.807) is 12.1 Å². The summed E-state index contributed by atoms with van der Waals surface area (Å²) in [7, 11) is 0. The van der Waals surface area contributed by atoms with Gasteiger partial charge in [-0.15, -0.1) is 0 Å². The zero-order chi connectivity index (χ0) is 13.0. The van der Waals surface area contributed by atoms with Gasteiger partial charge in [0.15, 0.2) is 5.78 Å². The Labute approximate surface area is 114 Å². The Morgan fingerprint density at radius 2 is 1.56 bits per heavy atom. The van der Waals surface area contributed by atoms with Gasteiger partial charge in [-0.2, -0.15) is 0 Å². The zero-order valence-electron chi connectivity index (χ0n) is 9.64. The van der Waals surface area contributed by atoms with Crippen LogP contribution in [-0.2, 0) is 0 Å². The van der Waals surface area contributed by atoms with Gasteiger partial charge >= 0.3 is 0 Å². The van der Waals surface area contributed by atoms with Crippen molar-refractivity contribution in [3.63, 3.8) is 0 Å². The highest BCUT2D eigenvalue weighted by molar-refractivity contribution is 9.10. The Bertz CT molecular complexity index is 573. The molecule has 0 radical (unpaired) electrons. The fourth-order valence-corrected chi connectivity index (χ4v) is 1.82. The summed E-state index contributed by atoms with van der Waals surface area (Å²) in [5.74, 6) is -0.0870. The van der Waals surface area contributed by atoms with Gasteiger partial charge in [-0.05, 0) is 17.7 Å². The molecule has 2 aromatic carbocycles. The fourth-order valence-electron chi connectivity index (χ4n) is 1.55. The molecule has 0 spiro atoms. The predicted octanol–water partition coefficient (Wildman–Crippen LogP) is 3.63. The number of allylic oxidation sites excluding steroid dienone is 1. The van der Waals surface area contributed by atoms with Gasteiger partial charge in [0.1, 0.15) is 0 Å². The Morgan fingerprint density at radius 3 is 2.17 bits per heavy atom. The molecule has 90 valence electrons. The minimum Gasteiger partial charge on any atom is -0.398 e. The van der Waals surface area contributed by atoms with Gasteiger partial charge in [-0.1, -0.05) is 58.4 Å². The average Bonchev–Trinajstić information content (AvgIpc) is 2.40. The maximum atomic E-state index is 11.9. The molecule has 0 aliphatic heterocycles. The third-order valence-electron chi connectivity index (χ3n) is 2.52. The molecular formula is C15H12BrNO. The Morgan fingerprint density at radius 1 is 0.944 bits per heavy atom.